The van der Waals surface area contributed by atoms with E-state index in [9.17, 15) is 4.79 Å². The molecule has 0 spiro atoms. The molecule has 1 amide bonds. The Kier molecular flexibility index (Phi) is 5.45. The minimum Gasteiger partial charge on any atom is -0.399 e. The lowest BCUT2D eigenvalue weighted by molar-refractivity contribution is 0.0956. The first-order valence-electron chi connectivity index (χ1n) is 6.09. The number of nitrogens with zero attached hydrogens (tertiary/aromatic N) is 1. The van der Waals surface area contributed by atoms with Crippen molar-refractivity contribution in [3.05, 3.63) is 23.8 Å². The summed E-state index contributed by atoms with van der Waals surface area (Å²) < 4.78 is 0. The lowest BCUT2D eigenvalue weighted by Crippen LogP contribution is -2.27. The summed E-state index contributed by atoms with van der Waals surface area (Å²) in [6, 6.07) is 5.22. The molecule has 18 heavy (non-hydrogen) atoms. The van der Waals surface area contributed by atoms with Gasteiger partial charge < -0.3 is 21.1 Å². The van der Waals surface area contributed by atoms with Crippen LogP contribution in [0.5, 0.6) is 0 Å². The van der Waals surface area contributed by atoms with Gasteiger partial charge in [-0.2, -0.15) is 0 Å². The smallest absolute Gasteiger partial charge is 0.253 e. The first-order chi connectivity index (χ1) is 8.60. The quantitative estimate of drug-likeness (QED) is 0.655. The summed E-state index contributed by atoms with van der Waals surface area (Å²) in [5.74, 6) is -0.108. The first kappa shape index (κ1) is 14.3. The Morgan fingerprint density at radius 3 is 2.83 bits per heavy atom. The fourth-order valence-corrected chi connectivity index (χ4v) is 1.74. The van der Waals surface area contributed by atoms with E-state index in [0.29, 0.717) is 30.8 Å². The van der Waals surface area contributed by atoms with Crippen LogP contribution in [0.15, 0.2) is 18.2 Å². The van der Waals surface area contributed by atoms with Crippen LogP contribution in [0.4, 0.5) is 11.4 Å². The Hall–Kier alpha value is -1.75. The van der Waals surface area contributed by atoms with Crippen molar-refractivity contribution in [1.82, 2.24) is 5.32 Å². The zero-order chi connectivity index (χ0) is 13.5. The molecule has 100 valence electrons. The van der Waals surface area contributed by atoms with E-state index in [1.807, 2.05) is 18.9 Å². The topological polar surface area (TPSA) is 78.6 Å². The highest BCUT2D eigenvalue weighted by molar-refractivity contribution is 6.00. The molecule has 0 aromatic heterocycles. The molecule has 0 aliphatic carbocycles. The van der Waals surface area contributed by atoms with Crippen LogP contribution in [0.25, 0.3) is 0 Å². The Morgan fingerprint density at radius 1 is 1.50 bits per heavy atom. The molecule has 0 fully saturated rings. The largest absolute Gasteiger partial charge is 0.399 e. The summed E-state index contributed by atoms with van der Waals surface area (Å²) in [5, 5.41) is 11.6. The molecule has 1 rings (SSSR count). The average molecular weight is 251 g/mol. The highest BCUT2D eigenvalue weighted by Gasteiger charge is 2.13. The zero-order valence-electron chi connectivity index (χ0n) is 10.9. The Balaban J connectivity index is 2.99. The summed E-state index contributed by atoms with van der Waals surface area (Å²) in [6.45, 7) is 3.27. The number of aliphatic hydroxyl groups is 1. The molecular formula is C13H21N3O2. The van der Waals surface area contributed by atoms with E-state index < -0.39 is 0 Å². The number of hydrogen-bond donors (Lipinski definition) is 3. The van der Waals surface area contributed by atoms with Gasteiger partial charge in [0.25, 0.3) is 5.91 Å². The predicted octanol–water partition coefficient (Wildman–Crippen LogP) is 0.837. The predicted molar refractivity (Wildman–Crippen MR) is 73.8 cm³/mol. The van der Waals surface area contributed by atoms with E-state index in [1.165, 1.54) is 0 Å². The molecule has 0 atom stereocenters. The second-order valence-electron chi connectivity index (χ2n) is 4.13. The summed E-state index contributed by atoms with van der Waals surface area (Å²) in [5.41, 5.74) is 7.77. The van der Waals surface area contributed by atoms with Crippen LogP contribution in [0, 0.1) is 0 Å². The van der Waals surface area contributed by atoms with Gasteiger partial charge in [-0.05, 0) is 31.5 Å². The van der Waals surface area contributed by atoms with Crippen molar-refractivity contribution in [3.8, 4) is 0 Å². The normalized spacial score (nSPS) is 10.2. The molecule has 5 heteroatoms. The fraction of sp³-hybridized carbons (Fsp3) is 0.462. The second-order valence-corrected chi connectivity index (χ2v) is 4.13. The van der Waals surface area contributed by atoms with Gasteiger partial charge in [-0.25, -0.2) is 0 Å². The molecule has 4 N–H and O–H groups in total. The molecule has 0 radical (unpaired) electrons. The van der Waals surface area contributed by atoms with Crippen LogP contribution in [0.1, 0.15) is 23.7 Å². The molecule has 0 saturated heterocycles. The Bertz CT molecular complexity index is 407. The van der Waals surface area contributed by atoms with Crippen molar-refractivity contribution in [2.45, 2.75) is 13.3 Å². The summed E-state index contributed by atoms with van der Waals surface area (Å²) in [7, 11) is 1.88. The van der Waals surface area contributed by atoms with Gasteiger partial charge in [0.05, 0.1) is 11.3 Å². The molecule has 0 aliphatic rings. The van der Waals surface area contributed by atoms with Crippen molar-refractivity contribution < 1.29 is 9.90 Å². The number of nitrogen functional groups attached to an aromatic ring is 1. The highest BCUT2D eigenvalue weighted by atomic mass is 16.3. The lowest BCUT2D eigenvalue weighted by atomic mass is 10.1. The van der Waals surface area contributed by atoms with Gasteiger partial charge in [-0.15, -0.1) is 0 Å². The molecule has 1 aromatic carbocycles. The maximum atomic E-state index is 11.9. The number of rotatable bonds is 6. The van der Waals surface area contributed by atoms with Crippen molar-refractivity contribution in [1.29, 1.82) is 0 Å². The van der Waals surface area contributed by atoms with Gasteiger partial charge in [0.15, 0.2) is 0 Å². The monoisotopic (exact) mass is 251 g/mol. The summed E-state index contributed by atoms with van der Waals surface area (Å²) in [4.78, 5) is 13.9. The van der Waals surface area contributed by atoms with E-state index in [0.717, 1.165) is 5.69 Å². The minimum absolute atomic E-state index is 0.108. The highest BCUT2D eigenvalue weighted by Crippen LogP contribution is 2.22. The number of nitrogens with two attached hydrogens (primary N) is 1. The van der Waals surface area contributed by atoms with Crippen LogP contribution < -0.4 is 16.0 Å². The van der Waals surface area contributed by atoms with Crippen molar-refractivity contribution >= 4 is 17.3 Å². The third kappa shape index (κ3) is 3.63. The van der Waals surface area contributed by atoms with E-state index in [2.05, 4.69) is 5.32 Å². The second kappa shape index (κ2) is 6.86. The average Bonchev–Trinajstić information content (AvgIpc) is 2.36. The Morgan fingerprint density at radius 2 is 2.22 bits per heavy atom. The van der Waals surface area contributed by atoms with Gasteiger partial charge >= 0.3 is 0 Å². The number of amides is 1. The van der Waals surface area contributed by atoms with Gasteiger partial charge in [0, 0.05) is 32.4 Å². The molecule has 5 nitrogen and oxygen atoms in total. The van der Waals surface area contributed by atoms with Crippen molar-refractivity contribution in [2.75, 3.05) is 37.4 Å². The molecule has 0 saturated carbocycles. The Labute approximate surface area is 108 Å². The third-order valence-corrected chi connectivity index (χ3v) is 2.67. The third-order valence-electron chi connectivity index (χ3n) is 2.67. The van der Waals surface area contributed by atoms with Gasteiger partial charge in [0.1, 0.15) is 0 Å². The van der Waals surface area contributed by atoms with Gasteiger partial charge in [-0.3, -0.25) is 4.79 Å². The van der Waals surface area contributed by atoms with Crippen LogP contribution in [0.2, 0.25) is 0 Å². The van der Waals surface area contributed by atoms with E-state index in [4.69, 9.17) is 10.8 Å². The van der Waals surface area contributed by atoms with E-state index >= 15 is 0 Å². The maximum absolute atomic E-state index is 11.9. The van der Waals surface area contributed by atoms with Gasteiger partial charge in [0.2, 0.25) is 0 Å². The van der Waals surface area contributed by atoms with Crippen molar-refractivity contribution in [2.24, 2.45) is 0 Å². The summed E-state index contributed by atoms with van der Waals surface area (Å²) >= 11 is 0. The van der Waals surface area contributed by atoms with Gasteiger partial charge in [-0.1, -0.05) is 0 Å². The SMILES string of the molecule is CCNC(=O)c1ccc(N)cc1N(C)CCCO. The number of aliphatic hydroxyl groups excluding tert-OH is 1. The lowest BCUT2D eigenvalue weighted by Gasteiger charge is -2.22. The molecule has 0 heterocycles. The van der Waals surface area contributed by atoms with Crippen LogP contribution in [-0.4, -0.2) is 37.8 Å². The number of carbonyl (C=O) groups is 1. The van der Waals surface area contributed by atoms with E-state index in [-0.39, 0.29) is 12.5 Å². The summed E-state index contributed by atoms with van der Waals surface area (Å²) in [6.07, 6.45) is 0.653. The first-order valence-corrected chi connectivity index (χ1v) is 6.09. The van der Waals surface area contributed by atoms with Crippen molar-refractivity contribution in [3.63, 3.8) is 0 Å². The molecule has 0 unspecified atom stereocenters. The molecule has 0 aliphatic heterocycles. The molecule has 1 aromatic rings. The number of anilines is 2. The maximum Gasteiger partial charge on any atom is 0.253 e. The molecule has 0 bridgehead atoms. The van der Waals surface area contributed by atoms with Crippen LogP contribution in [0.3, 0.4) is 0 Å². The van der Waals surface area contributed by atoms with Crippen LogP contribution >= 0.6 is 0 Å². The molecular weight excluding hydrogens is 230 g/mol. The van der Waals surface area contributed by atoms with Crippen LogP contribution in [-0.2, 0) is 0 Å². The number of hydrogen-bond acceptors (Lipinski definition) is 4. The number of nitrogens with one attached hydrogen (secondary N) is 1. The standard InChI is InChI=1S/C13H21N3O2/c1-3-15-13(18)11-6-5-10(14)9-12(11)16(2)7-4-8-17/h5-6,9,17H,3-4,7-8,14H2,1-2H3,(H,15,18). The minimum atomic E-state index is -0.108. The van der Waals surface area contributed by atoms with E-state index in [1.54, 1.807) is 18.2 Å². The number of carbonyl (C=O) groups excluding carboxylic acids is 1. The zero-order valence-corrected chi connectivity index (χ0v) is 10.9. The number of benzene rings is 1. The fourth-order valence-electron chi connectivity index (χ4n) is 1.74.